The van der Waals surface area contributed by atoms with E-state index < -0.39 is 223 Å². The number of aromatic nitrogens is 12. The van der Waals surface area contributed by atoms with Crippen LogP contribution < -0.4 is 51.3 Å². The molecule has 5 aliphatic rings. The number of fused-ring (bicyclic) bond motifs is 1. The Labute approximate surface area is 569 Å². The SMILES string of the molecule is Nc1ccn([C@@H]2O[C@H](COP(=O)(O)O[C@H]3[C@@H](O)[C@H](n4cnc5c(N)ncnc54)O[C@@H]3COP(=O)(O)O[C@H]3[C@@H](O)[C@H](n4ccc(N)nc4=O)O[C@@H]3COP(=O)(O)O[C@H]3[C@@H](O)[C@H](n4ccc(=O)[nH]c4=O)O[C@@H]3COP(=O)(O)O[C@H]3[C@@H](O)[C@H](n4ccc(N)nc4=O)O[C@@H]3COP(=O)(O)O)[C@@H](O)[C@H]2O)c(=O)n1. The van der Waals surface area contributed by atoms with Gasteiger partial charge < -0.3 is 107 Å². The summed E-state index contributed by atoms with van der Waals surface area (Å²) in [6.07, 6.45) is -35.7. The number of nitrogens with two attached hydrogens (primary N) is 4. The summed E-state index contributed by atoms with van der Waals surface area (Å²) in [5.74, 6) is -1.05. The Bertz CT molecular complexity index is 4680. The van der Waals surface area contributed by atoms with Crippen LogP contribution in [0.3, 0.4) is 0 Å². The highest BCUT2D eigenvalue weighted by Gasteiger charge is 2.56. The van der Waals surface area contributed by atoms with E-state index in [-0.39, 0.29) is 34.4 Å². The first-order chi connectivity index (χ1) is 48.3. The summed E-state index contributed by atoms with van der Waals surface area (Å²) in [6.45, 7) is -6.46. The number of phosphoric ester groups is 5. The minimum absolute atomic E-state index is 0.0578. The number of imidazole rings is 1. The molecule has 566 valence electrons. The van der Waals surface area contributed by atoms with Crippen molar-refractivity contribution in [2.45, 2.75) is 123 Å². The van der Waals surface area contributed by atoms with Gasteiger partial charge in [-0.05, 0) is 18.2 Å². The number of nitrogens with one attached hydrogen (secondary N) is 1. The summed E-state index contributed by atoms with van der Waals surface area (Å²) < 4.78 is 146. The van der Waals surface area contributed by atoms with E-state index >= 15 is 0 Å². The fraction of sp³-hybridized carbons (Fsp3) is 0.543. The summed E-state index contributed by atoms with van der Waals surface area (Å²) >= 11 is 0. The molecular formula is C46H61N16O36P5. The van der Waals surface area contributed by atoms with Crippen molar-refractivity contribution in [3.63, 3.8) is 0 Å². The molecule has 52 nitrogen and oxygen atoms in total. The average Bonchev–Trinajstić information content (AvgIpc) is 1.62. The van der Waals surface area contributed by atoms with Crippen LogP contribution in [0.25, 0.3) is 11.2 Å². The minimum atomic E-state index is -5.95. The quantitative estimate of drug-likeness (QED) is 0.0203. The molecule has 6 aromatic heterocycles. The molecule has 0 bridgehead atoms. The highest BCUT2D eigenvalue weighted by molar-refractivity contribution is 7.48. The van der Waals surface area contributed by atoms with Crippen molar-refractivity contribution in [3.8, 4) is 0 Å². The van der Waals surface area contributed by atoms with Crippen LogP contribution in [0.5, 0.6) is 0 Å². The number of rotatable bonds is 28. The molecule has 11 rings (SSSR count). The third kappa shape index (κ3) is 17.4. The minimum Gasteiger partial charge on any atom is -0.387 e. The molecule has 21 N–H and O–H groups in total. The number of nitrogens with zero attached hydrogens (tertiary/aromatic N) is 11. The number of H-pyrrole nitrogens is 1. The molecule has 5 fully saturated rings. The molecule has 0 amide bonds. The van der Waals surface area contributed by atoms with Crippen molar-refractivity contribution in [2.24, 2.45) is 0 Å². The second kappa shape index (κ2) is 30.2. The van der Waals surface area contributed by atoms with E-state index in [0.29, 0.717) is 13.7 Å². The predicted octanol–water partition coefficient (Wildman–Crippen LogP) is -7.75. The zero-order chi connectivity index (χ0) is 74.7. The molecule has 0 aliphatic carbocycles. The van der Waals surface area contributed by atoms with Crippen molar-refractivity contribution >= 4 is 73.5 Å². The molecular weight excluding hydrogens is 1510 g/mol. The number of aliphatic hydroxyl groups excluding tert-OH is 6. The van der Waals surface area contributed by atoms with E-state index in [1.54, 1.807) is 0 Å². The Morgan fingerprint density at radius 3 is 1.12 bits per heavy atom. The van der Waals surface area contributed by atoms with Gasteiger partial charge in [0, 0.05) is 30.9 Å². The van der Waals surface area contributed by atoms with Gasteiger partial charge in [0.05, 0.1) is 39.4 Å². The molecule has 0 saturated carbocycles. The number of aliphatic hydroxyl groups is 6. The normalized spacial score (nSPS) is 32.7. The molecule has 103 heavy (non-hydrogen) atoms. The Morgan fingerprint density at radius 2 is 0.748 bits per heavy atom. The molecule has 0 aromatic carbocycles. The molecule has 0 radical (unpaired) electrons. The van der Waals surface area contributed by atoms with Crippen molar-refractivity contribution in [2.75, 3.05) is 56.0 Å². The molecule has 6 aromatic rings. The van der Waals surface area contributed by atoms with Gasteiger partial charge in [-0.1, -0.05) is 0 Å². The summed E-state index contributed by atoms with van der Waals surface area (Å²) in [4.78, 5) is 151. The lowest BCUT2D eigenvalue weighted by molar-refractivity contribution is -0.0658. The molecule has 57 heteroatoms. The van der Waals surface area contributed by atoms with Gasteiger partial charge in [0.2, 0.25) is 0 Å². The van der Waals surface area contributed by atoms with Crippen LogP contribution in [-0.2, 0) is 87.2 Å². The predicted molar refractivity (Wildman–Crippen MR) is 326 cm³/mol. The van der Waals surface area contributed by atoms with E-state index in [9.17, 15) is 107 Å². The van der Waals surface area contributed by atoms with Gasteiger partial charge >= 0.3 is 61.9 Å². The standard InChI is InChI=1S/C46H61N16O36P5/c47-21-1-5-58(43(70)54-21)38-27(65)26(64)16(90-38)9-86-100(77,78)98-35-20(94-42(31(35)69)62-15-53-25-36(50)51-14-52-37(25)62)13-89-103(83,84)96-33-18(92-40(29(33)67)60-7-3-23(49)56-45(60)72)11-88-102(81,82)97-34-19(93-41(30(34)68)61-8-4-24(63)57-46(61)73)12-87-101(79,80)95-32-17(10-85-99(74,75)76)91-39(28(32)66)59-6-2-22(48)55-44(59)71/h1-8,14-20,26-35,38-42,64-69H,9-13H2,(H,77,78)(H,79,80)(H,81,82)(H,83,84)(H2,47,54,70)(H2,48,55,71)(H2,49,56,72)(H2,50,51,52)(H,57,63,73)(H2,74,75,76)/t16-,17-,18-,19-,20-,26-,27-,28-,29-,30-,31-,32-,33-,34-,35-,38-,39-,40-,41-,42-/m1/s1. The van der Waals surface area contributed by atoms with Crippen LogP contribution in [0.2, 0.25) is 0 Å². The number of phosphoric acid groups is 5. The number of hydrogen-bond donors (Lipinski definition) is 17. The smallest absolute Gasteiger partial charge is 0.387 e. The zero-order valence-corrected chi connectivity index (χ0v) is 56.0. The molecule has 11 heterocycles. The van der Waals surface area contributed by atoms with Gasteiger partial charge in [0.15, 0.2) is 42.6 Å². The second-order valence-corrected chi connectivity index (χ2v) is 29.5. The summed E-state index contributed by atoms with van der Waals surface area (Å²) in [5, 5.41) is 68.0. The maximum absolute atomic E-state index is 14.2. The van der Waals surface area contributed by atoms with Crippen molar-refractivity contribution < 1.29 is 147 Å². The number of ether oxygens (including phenoxy) is 5. The van der Waals surface area contributed by atoms with Gasteiger partial charge in [0.25, 0.3) is 5.56 Å². The number of nitrogen functional groups attached to an aromatic ring is 4. The fourth-order valence-corrected chi connectivity index (χ4v) is 15.3. The van der Waals surface area contributed by atoms with Crippen LogP contribution in [0, 0.1) is 0 Å². The van der Waals surface area contributed by atoms with Gasteiger partial charge in [-0.3, -0.25) is 73.3 Å². The van der Waals surface area contributed by atoms with Crippen LogP contribution in [-0.4, -0.2) is 242 Å². The van der Waals surface area contributed by atoms with Gasteiger partial charge in [0.1, 0.15) is 121 Å². The third-order valence-electron chi connectivity index (χ3n) is 15.8. The largest absolute Gasteiger partial charge is 0.472 e. The maximum atomic E-state index is 14.2. The molecule has 5 aliphatic heterocycles. The van der Waals surface area contributed by atoms with E-state index in [0.717, 1.165) is 70.8 Å². The average molecular weight is 1570 g/mol. The summed E-state index contributed by atoms with van der Waals surface area (Å²) in [6, 6.07) is 4.00. The first-order valence-electron chi connectivity index (χ1n) is 29.2. The third-order valence-corrected chi connectivity index (χ3v) is 20.2. The van der Waals surface area contributed by atoms with Crippen LogP contribution >= 0.6 is 39.1 Å². The molecule has 5 saturated heterocycles. The summed E-state index contributed by atoms with van der Waals surface area (Å²) in [5.41, 5.74) is 16.8. The maximum Gasteiger partial charge on any atom is 0.472 e. The van der Waals surface area contributed by atoms with Crippen molar-refractivity contribution in [1.82, 2.24) is 57.7 Å². The number of aromatic amines is 1. The van der Waals surface area contributed by atoms with Crippen molar-refractivity contribution in [3.05, 3.63) is 114 Å². The number of anilines is 4. The topological polar surface area (TPSA) is 765 Å². The van der Waals surface area contributed by atoms with E-state index in [4.69, 9.17) is 82.8 Å². The van der Waals surface area contributed by atoms with Crippen molar-refractivity contribution in [1.29, 1.82) is 0 Å². The Balaban J connectivity index is 0.808. The van der Waals surface area contributed by atoms with Crippen LogP contribution in [0.1, 0.15) is 31.1 Å². The highest BCUT2D eigenvalue weighted by Crippen LogP contribution is 2.55. The van der Waals surface area contributed by atoms with Gasteiger partial charge in [-0.25, -0.2) is 57.0 Å². The fourth-order valence-electron chi connectivity index (χ4n) is 11.1. The van der Waals surface area contributed by atoms with E-state index in [2.05, 4.69) is 34.4 Å². The van der Waals surface area contributed by atoms with E-state index in [1.807, 2.05) is 4.98 Å². The molecule has 0 spiro atoms. The Kier molecular flexibility index (Phi) is 22.7. The first-order valence-corrected chi connectivity index (χ1v) is 36.8. The van der Waals surface area contributed by atoms with E-state index in [1.165, 1.54) is 0 Å². The summed E-state index contributed by atoms with van der Waals surface area (Å²) in [7, 11) is -28.6. The lowest BCUT2D eigenvalue weighted by Crippen LogP contribution is -2.39. The molecule has 4 unspecified atom stereocenters. The van der Waals surface area contributed by atoms with Gasteiger partial charge in [-0.2, -0.15) is 15.0 Å². The Hall–Kier alpha value is -6.82. The Morgan fingerprint density at radius 1 is 0.417 bits per heavy atom. The van der Waals surface area contributed by atoms with Gasteiger partial charge in [-0.15, -0.1) is 0 Å². The lowest BCUT2D eigenvalue weighted by atomic mass is 10.1. The lowest BCUT2D eigenvalue weighted by Gasteiger charge is -2.27. The molecule has 24 atom stereocenters. The zero-order valence-electron chi connectivity index (χ0n) is 51.5. The monoisotopic (exact) mass is 1570 g/mol. The second-order valence-electron chi connectivity index (χ2n) is 22.6. The van der Waals surface area contributed by atoms with Crippen LogP contribution in [0.15, 0.2) is 85.7 Å². The highest BCUT2D eigenvalue weighted by atomic mass is 31.2. The van der Waals surface area contributed by atoms with Crippen LogP contribution in [0.4, 0.5) is 23.3 Å². The first kappa shape index (κ1) is 77.3. The number of hydrogen-bond acceptors (Lipinski definition) is 40.